The molecule has 0 saturated carbocycles. The standard InChI is InChI=1S/C20H29N3O4/c1-14-12-23(13-15-6-7-16(26-2)11-18(15)27-14)10-8-19(24)22-17-5-3-4-9-21-20(17)25/h6-7,11,14,17H,3-5,8-10,12-13H2,1-2H3,(H,21,25)(H,22,24)/t14-,17-/m0/s1. The van der Waals surface area contributed by atoms with Crippen molar-refractivity contribution >= 4 is 11.8 Å². The third-order valence-electron chi connectivity index (χ3n) is 5.04. The number of hydrogen-bond acceptors (Lipinski definition) is 5. The quantitative estimate of drug-likeness (QED) is 0.814. The van der Waals surface area contributed by atoms with Crippen LogP contribution in [0.1, 0.15) is 38.2 Å². The lowest BCUT2D eigenvalue weighted by Crippen LogP contribution is -2.46. The van der Waals surface area contributed by atoms with Crippen molar-refractivity contribution in [3.8, 4) is 11.5 Å². The number of nitrogens with zero attached hydrogens (tertiary/aromatic N) is 1. The van der Waals surface area contributed by atoms with Gasteiger partial charge in [0.2, 0.25) is 11.8 Å². The Hall–Kier alpha value is -2.28. The molecule has 7 nitrogen and oxygen atoms in total. The molecule has 27 heavy (non-hydrogen) atoms. The highest BCUT2D eigenvalue weighted by atomic mass is 16.5. The Morgan fingerprint density at radius 2 is 2.26 bits per heavy atom. The molecule has 2 atom stereocenters. The highest BCUT2D eigenvalue weighted by Gasteiger charge is 2.24. The fourth-order valence-corrected chi connectivity index (χ4v) is 3.60. The second-order valence-electron chi connectivity index (χ2n) is 7.29. The van der Waals surface area contributed by atoms with Crippen molar-refractivity contribution in [2.24, 2.45) is 0 Å². The van der Waals surface area contributed by atoms with E-state index in [-0.39, 0.29) is 17.9 Å². The Balaban J connectivity index is 1.55. The zero-order valence-corrected chi connectivity index (χ0v) is 16.1. The lowest BCUT2D eigenvalue weighted by Gasteiger charge is -2.22. The summed E-state index contributed by atoms with van der Waals surface area (Å²) in [6.07, 6.45) is 3.01. The van der Waals surface area contributed by atoms with Gasteiger partial charge in [0, 0.05) is 44.2 Å². The number of ether oxygens (including phenoxy) is 2. The van der Waals surface area contributed by atoms with Crippen molar-refractivity contribution in [3.63, 3.8) is 0 Å². The van der Waals surface area contributed by atoms with E-state index in [0.29, 0.717) is 25.9 Å². The summed E-state index contributed by atoms with van der Waals surface area (Å²) >= 11 is 0. The zero-order chi connectivity index (χ0) is 19.2. The first-order valence-electron chi connectivity index (χ1n) is 9.68. The largest absolute Gasteiger partial charge is 0.497 e. The first kappa shape index (κ1) is 19.5. The number of methoxy groups -OCH3 is 1. The Morgan fingerprint density at radius 1 is 1.41 bits per heavy atom. The van der Waals surface area contributed by atoms with Crippen LogP contribution in [-0.4, -0.2) is 55.6 Å². The lowest BCUT2D eigenvalue weighted by atomic mass is 10.1. The van der Waals surface area contributed by atoms with E-state index < -0.39 is 6.04 Å². The molecule has 2 heterocycles. The van der Waals surface area contributed by atoms with Crippen molar-refractivity contribution in [1.29, 1.82) is 0 Å². The van der Waals surface area contributed by atoms with Crippen LogP contribution in [0, 0.1) is 0 Å². The predicted molar refractivity (Wildman–Crippen MR) is 102 cm³/mol. The minimum atomic E-state index is -0.403. The molecule has 7 heteroatoms. The minimum absolute atomic E-state index is 0.0223. The monoisotopic (exact) mass is 375 g/mol. The van der Waals surface area contributed by atoms with E-state index in [2.05, 4.69) is 15.5 Å². The van der Waals surface area contributed by atoms with Crippen LogP contribution < -0.4 is 20.1 Å². The van der Waals surface area contributed by atoms with Crippen LogP contribution >= 0.6 is 0 Å². The molecule has 2 aliphatic rings. The minimum Gasteiger partial charge on any atom is -0.497 e. The average Bonchev–Trinajstić information content (AvgIpc) is 2.94. The van der Waals surface area contributed by atoms with Crippen molar-refractivity contribution in [1.82, 2.24) is 15.5 Å². The van der Waals surface area contributed by atoms with E-state index in [1.165, 1.54) is 0 Å². The second kappa shape index (κ2) is 9.08. The maximum Gasteiger partial charge on any atom is 0.242 e. The van der Waals surface area contributed by atoms with Gasteiger partial charge in [0.15, 0.2) is 0 Å². The molecular weight excluding hydrogens is 346 g/mol. The van der Waals surface area contributed by atoms with Crippen molar-refractivity contribution < 1.29 is 19.1 Å². The smallest absolute Gasteiger partial charge is 0.242 e. The van der Waals surface area contributed by atoms with E-state index in [4.69, 9.17) is 9.47 Å². The maximum absolute atomic E-state index is 12.3. The first-order valence-corrected chi connectivity index (χ1v) is 9.68. The van der Waals surface area contributed by atoms with E-state index in [0.717, 1.165) is 43.0 Å². The molecule has 3 rings (SSSR count). The summed E-state index contributed by atoms with van der Waals surface area (Å²) in [6, 6.07) is 5.44. The molecule has 148 valence electrons. The number of rotatable bonds is 5. The summed E-state index contributed by atoms with van der Waals surface area (Å²) < 4.78 is 11.3. The van der Waals surface area contributed by atoms with E-state index in [1.54, 1.807) is 7.11 Å². The van der Waals surface area contributed by atoms with Gasteiger partial charge in [-0.05, 0) is 32.3 Å². The number of nitrogens with one attached hydrogen (secondary N) is 2. The molecule has 1 aromatic rings. The molecule has 1 fully saturated rings. The molecular formula is C20H29N3O4. The van der Waals surface area contributed by atoms with Gasteiger partial charge in [-0.2, -0.15) is 0 Å². The highest BCUT2D eigenvalue weighted by molar-refractivity contribution is 5.87. The van der Waals surface area contributed by atoms with Crippen molar-refractivity contribution in [2.45, 2.75) is 51.3 Å². The van der Waals surface area contributed by atoms with Gasteiger partial charge >= 0.3 is 0 Å². The summed E-state index contributed by atoms with van der Waals surface area (Å²) in [6.45, 7) is 4.81. The third-order valence-corrected chi connectivity index (χ3v) is 5.04. The van der Waals surface area contributed by atoms with Crippen LogP contribution in [-0.2, 0) is 16.1 Å². The lowest BCUT2D eigenvalue weighted by molar-refractivity contribution is -0.129. The zero-order valence-electron chi connectivity index (χ0n) is 16.1. The molecule has 0 radical (unpaired) electrons. The summed E-state index contributed by atoms with van der Waals surface area (Å²) in [7, 11) is 1.64. The van der Waals surface area contributed by atoms with Crippen LogP contribution in [0.25, 0.3) is 0 Å². The fraction of sp³-hybridized carbons (Fsp3) is 0.600. The summed E-state index contributed by atoms with van der Waals surface area (Å²) in [5.74, 6) is 1.46. The van der Waals surface area contributed by atoms with Crippen LogP contribution in [0.4, 0.5) is 0 Å². The van der Waals surface area contributed by atoms with Gasteiger partial charge in [-0.25, -0.2) is 0 Å². The number of benzene rings is 1. The van der Waals surface area contributed by atoms with Crippen molar-refractivity contribution in [3.05, 3.63) is 23.8 Å². The average molecular weight is 375 g/mol. The SMILES string of the molecule is COc1ccc2c(c1)O[C@@H](C)CN(CCC(=O)N[C@H]1CCCCNC1=O)C2. The van der Waals surface area contributed by atoms with Gasteiger partial charge < -0.3 is 20.1 Å². The van der Waals surface area contributed by atoms with Crippen molar-refractivity contribution in [2.75, 3.05) is 26.7 Å². The molecule has 2 N–H and O–H groups in total. The molecule has 0 aromatic heterocycles. The van der Waals surface area contributed by atoms with Crippen LogP contribution in [0.2, 0.25) is 0 Å². The van der Waals surface area contributed by atoms with Gasteiger partial charge in [0.05, 0.1) is 7.11 Å². The predicted octanol–water partition coefficient (Wildman–Crippen LogP) is 1.45. The van der Waals surface area contributed by atoms with Crippen LogP contribution in [0.3, 0.4) is 0 Å². The number of hydrogen-bond donors (Lipinski definition) is 2. The van der Waals surface area contributed by atoms with Gasteiger partial charge in [0.25, 0.3) is 0 Å². The second-order valence-corrected chi connectivity index (χ2v) is 7.29. The van der Waals surface area contributed by atoms with Crippen LogP contribution in [0.5, 0.6) is 11.5 Å². The maximum atomic E-state index is 12.3. The first-order chi connectivity index (χ1) is 13.0. The molecule has 0 spiro atoms. The number of carbonyl (C=O) groups is 2. The Labute approximate surface area is 160 Å². The summed E-state index contributed by atoms with van der Waals surface area (Å²) in [5, 5.41) is 5.73. The molecule has 1 saturated heterocycles. The fourth-order valence-electron chi connectivity index (χ4n) is 3.60. The molecule has 0 aliphatic carbocycles. The van der Waals surface area contributed by atoms with Gasteiger partial charge in [-0.15, -0.1) is 0 Å². The van der Waals surface area contributed by atoms with E-state index >= 15 is 0 Å². The van der Waals surface area contributed by atoms with Gasteiger partial charge in [0.1, 0.15) is 23.6 Å². The molecule has 0 unspecified atom stereocenters. The topological polar surface area (TPSA) is 79.9 Å². The third kappa shape index (κ3) is 5.35. The number of carbonyl (C=O) groups excluding carboxylic acids is 2. The summed E-state index contributed by atoms with van der Waals surface area (Å²) in [5.41, 5.74) is 1.09. The number of amides is 2. The normalized spacial score (nSPS) is 23.3. The Bertz CT molecular complexity index is 679. The van der Waals surface area contributed by atoms with E-state index in [9.17, 15) is 9.59 Å². The van der Waals surface area contributed by atoms with Gasteiger partial charge in [-0.3, -0.25) is 14.5 Å². The van der Waals surface area contributed by atoms with Gasteiger partial charge in [-0.1, -0.05) is 6.07 Å². The van der Waals surface area contributed by atoms with E-state index in [1.807, 2.05) is 25.1 Å². The number of fused-ring (bicyclic) bond motifs is 1. The Kier molecular flexibility index (Phi) is 6.55. The Morgan fingerprint density at radius 3 is 3.07 bits per heavy atom. The molecule has 0 bridgehead atoms. The molecule has 1 aromatic carbocycles. The summed E-state index contributed by atoms with van der Waals surface area (Å²) in [4.78, 5) is 26.5. The molecule has 2 aliphatic heterocycles. The molecule has 2 amide bonds. The van der Waals surface area contributed by atoms with Crippen LogP contribution in [0.15, 0.2) is 18.2 Å². The highest BCUT2D eigenvalue weighted by Crippen LogP contribution is 2.29.